The second-order valence-corrected chi connectivity index (χ2v) is 4.53. The summed E-state index contributed by atoms with van der Waals surface area (Å²) in [5.41, 5.74) is 0.736. The fraction of sp³-hybridized carbons (Fsp3) is 0.571. The summed E-state index contributed by atoms with van der Waals surface area (Å²) in [5.74, 6) is 0.569. The molecule has 2 heterocycles. The third kappa shape index (κ3) is 4.96. The van der Waals surface area contributed by atoms with Gasteiger partial charge in [0.2, 0.25) is 0 Å². The zero-order valence-electron chi connectivity index (χ0n) is 11.1. The molecule has 106 valence electrons. The van der Waals surface area contributed by atoms with Crippen LogP contribution in [0.5, 0.6) is 0 Å². The van der Waals surface area contributed by atoms with E-state index in [1.807, 2.05) is 6.08 Å². The maximum Gasteiger partial charge on any atom is 0.164 e. The third-order valence-electron chi connectivity index (χ3n) is 3.09. The molecule has 2 rings (SSSR count). The maximum absolute atomic E-state index is 10.8. The molecule has 2 fully saturated rings. The van der Waals surface area contributed by atoms with E-state index < -0.39 is 0 Å². The molecule has 0 aliphatic carbocycles. The summed E-state index contributed by atoms with van der Waals surface area (Å²) >= 11 is 0. The number of oxime groups is 1. The first-order valence-corrected chi connectivity index (χ1v) is 6.33. The SMILES string of the molecule is C=CCC1COC/C1=N\O.C=CCC1COCC1=O. The minimum atomic E-state index is 0.0995. The highest BCUT2D eigenvalue weighted by atomic mass is 16.5. The van der Waals surface area contributed by atoms with Crippen molar-refractivity contribution in [2.75, 3.05) is 26.4 Å². The monoisotopic (exact) mass is 267 g/mol. The predicted molar refractivity (Wildman–Crippen MR) is 72.5 cm³/mol. The van der Waals surface area contributed by atoms with Gasteiger partial charge >= 0.3 is 0 Å². The summed E-state index contributed by atoms with van der Waals surface area (Å²) in [6.45, 7) is 9.17. The Bertz CT molecular complexity index is 351. The quantitative estimate of drug-likeness (QED) is 0.479. The Morgan fingerprint density at radius 3 is 2.26 bits per heavy atom. The van der Waals surface area contributed by atoms with Crippen LogP contribution in [0, 0.1) is 11.8 Å². The fourth-order valence-corrected chi connectivity index (χ4v) is 1.95. The second-order valence-electron chi connectivity index (χ2n) is 4.53. The lowest BCUT2D eigenvalue weighted by atomic mass is 10.0. The largest absolute Gasteiger partial charge is 0.411 e. The Kier molecular flexibility index (Phi) is 7.07. The minimum absolute atomic E-state index is 0.0995. The van der Waals surface area contributed by atoms with E-state index in [2.05, 4.69) is 18.3 Å². The van der Waals surface area contributed by atoms with Crippen molar-refractivity contribution in [1.29, 1.82) is 0 Å². The van der Waals surface area contributed by atoms with Crippen molar-refractivity contribution in [3.05, 3.63) is 25.3 Å². The van der Waals surface area contributed by atoms with E-state index in [1.165, 1.54) is 0 Å². The van der Waals surface area contributed by atoms with Crippen LogP contribution in [-0.4, -0.2) is 43.1 Å². The first-order valence-electron chi connectivity index (χ1n) is 6.33. The van der Waals surface area contributed by atoms with Gasteiger partial charge in [-0.25, -0.2) is 0 Å². The summed E-state index contributed by atoms with van der Waals surface area (Å²) in [6, 6.07) is 0. The number of hydrogen-bond donors (Lipinski definition) is 1. The average molecular weight is 267 g/mol. The topological polar surface area (TPSA) is 68.1 Å². The first kappa shape index (κ1) is 15.6. The molecule has 5 nitrogen and oxygen atoms in total. The molecule has 19 heavy (non-hydrogen) atoms. The summed E-state index contributed by atoms with van der Waals surface area (Å²) in [6.07, 6.45) is 5.17. The van der Waals surface area contributed by atoms with E-state index in [4.69, 9.17) is 14.7 Å². The summed E-state index contributed by atoms with van der Waals surface area (Å²) < 4.78 is 10.00. The van der Waals surface area contributed by atoms with Gasteiger partial charge < -0.3 is 14.7 Å². The highest BCUT2D eigenvalue weighted by molar-refractivity contribution is 5.89. The molecule has 0 aromatic carbocycles. The van der Waals surface area contributed by atoms with Crippen LogP contribution in [0.4, 0.5) is 0 Å². The molecule has 2 aliphatic rings. The number of nitrogens with zero attached hydrogens (tertiary/aromatic N) is 1. The summed E-state index contributed by atoms with van der Waals surface area (Å²) in [7, 11) is 0. The van der Waals surface area contributed by atoms with Gasteiger partial charge in [0.15, 0.2) is 5.78 Å². The van der Waals surface area contributed by atoms with Gasteiger partial charge in [-0.05, 0) is 12.8 Å². The fourth-order valence-electron chi connectivity index (χ4n) is 1.95. The van der Waals surface area contributed by atoms with Crippen LogP contribution < -0.4 is 0 Å². The minimum Gasteiger partial charge on any atom is -0.411 e. The van der Waals surface area contributed by atoms with Crippen LogP contribution in [0.1, 0.15) is 12.8 Å². The van der Waals surface area contributed by atoms with Crippen LogP contribution in [0.2, 0.25) is 0 Å². The van der Waals surface area contributed by atoms with Crippen molar-refractivity contribution in [3.63, 3.8) is 0 Å². The lowest BCUT2D eigenvalue weighted by molar-refractivity contribution is -0.120. The Morgan fingerprint density at radius 2 is 1.74 bits per heavy atom. The van der Waals surface area contributed by atoms with E-state index in [0.717, 1.165) is 18.6 Å². The molecule has 0 saturated carbocycles. The van der Waals surface area contributed by atoms with E-state index in [1.54, 1.807) is 6.08 Å². The zero-order chi connectivity index (χ0) is 14.1. The van der Waals surface area contributed by atoms with Crippen LogP contribution >= 0.6 is 0 Å². The Balaban J connectivity index is 0.000000191. The van der Waals surface area contributed by atoms with E-state index in [9.17, 15) is 4.79 Å². The molecule has 0 spiro atoms. The Labute approximate surface area is 113 Å². The van der Waals surface area contributed by atoms with Crippen molar-refractivity contribution < 1.29 is 19.5 Å². The molecule has 5 heteroatoms. The second kappa shape index (κ2) is 8.61. The molecule has 2 aliphatic heterocycles. The van der Waals surface area contributed by atoms with E-state index in [0.29, 0.717) is 26.4 Å². The molecule has 2 saturated heterocycles. The maximum atomic E-state index is 10.8. The Hall–Kier alpha value is -1.46. The smallest absolute Gasteiger partial charge is 0.164 e. The number of allylic oxidation sites excluding steroid dienone is 2. The van der Waals surface area contributed by atoms with Crippen molar-refractivity contribution in [3.8, 4) is 0 Å². The van der Waals surface area contributed by atoms with Crippen molar-refractivity contribution in [1.82, 2.24) is 0 Å². The van der Waals surface area contributed by atoms with Crippen LogP contribution in [0.25, 0.3) is 0 Å². The normalized spacial score (nSPS) is 28.0. The van der Waals surface area contributed by atoms with Gasteiger partial charge in [-0.3, -0.25) is 4.79 Å². The van der Waals surface area contributed by atoms with Crippen molar-refractivity contribution in [2.24, 2.45) is 17.0 Å². The molecule has 0 bridgehead atoms. The first-order chi connectivity index (χ1) is 9.22. The van der Waals surface area contributed by atoms with Gasteiger partial charge in [0, 0.05) is 11.8 Å². The van der Waals surface area contributed by atoms with Crippen LogP contribution in [0.15, 0.2) is 30.5 Å². The standard InChI is InChI=1S/C7H11NO2.C7H10O2/c1-2-3-6-4-10-5-7(6)8-9;1-2-3-6-4-9-5-7(6)8/h2,6,9H,1,3-5H2;2,6H,1,3-5H2/b8-7+;. The molecule has 0 aromatic heterocycles. The molecular weight excluding hydrogens is 246 g/mol. The van der Waals surface area contributed by atoms with Crippen LogP contribution in [-0.2, 0) is 14.3 Å². The summed E-state index contributed by atoms with van der Waals surface area (Å²) in [5, 5.41) is 11.6. The van der Waals surface area contributed by atoms with Gasteiger partial charge in [-0.1, -0.05) is 17.3 Å². The van der Waals surface area contributed by atoms with Crippen LogP contribution in [0.3, 0.4) is 0 Å². The number of carbonyl (C=O) groups is 1. The van der Waals surface area contributed by atoms with Crippen molar-refractivity contribution >= 4 is 11.5 Å². The number of Topliss-reactive ketones (excluding diaryl/α,β-unsaturated/α-hetero) is 1. The lowest BCUT2D eigenvalue weighted by Gasteiger charge is -2.01. The molecular formula is C14H21NO4. The van der Waals surface area contributed by atoms with Gasteiger partial charge in [-0.15, -0.1) is 13.2 Å². The molecule has 0 aromatic rings. The molecule has 1 N–H and O–H groups in total. The molecule has 2 unspecified atom stereocenters. The number of carbonyl (C=O) groups excluding carboxylic acids is 1. The van der Waals surface area contributed by atoms with Gasteiger partial charge in [0.05, 0.1) is 25.5 Å². The van der Waals surface area contributed by atoms with E-state index >= 15 is 0 Å². The molecule has 0 radical (unpaired) electrons. The highest BCUT2D eigenvalue weighted by Gasteiger charge is 2.23. The van der Waals surface area contributed by atoms with Gasteiger partial charge in [-0.2, -0.15) is 0 Å². The number of rotatable bonds is 4. The Morgan fingerprint density at radius 1 is 1.16 bits per heavy atom. The number of ketones is 1. The zero-order valence-corrected chi connectivity index (χ0v) is 11.1. The van der Waals surface area contributed by atoms with Gasteiger partial charge in [0.1, 0.15) is 6.61 Å². The number of hydrogen-bond acceptors (Lipinski definition) is 5. The third-order valence-corrected chi connectivity index (χ3v) is 3.09. The van der Waals surface area contributed by atoms with E-state index in [-0.39, 0.29) is 17.6 Å². The van der Waals surface area contributed by atoms with Gasteiger partial charge in [0.25, 0.3) is 0 Å². The highest BCUT2D eigenvalue weighted by Crippen LogP contribution is 2.14. The molecule has 0 amide bonds. The lowest BCUT2D eigenvalue weighted by Crippen LogP contribution is -2.10. The summed E-state index contributed by atoms with van der Waals surface area (Å²) in [4.78, 5) is 10.8. The molecule has 2 atom stereocenters. The van der Waals surface area contributed by atoms with Crippen molar-refractivity contribution in [2.45, 2.75) is 12.8 Å². The number of ether oxygens (including phenoxy) is 2. The predicted octanol–water partition coefficient (Wildman–Crippen LogP) is 1.82. The average Bonchev–Trinajstić information content (AvgIpc) is 3.01.